The van der Waals surface area contributed by atoms with Crippen molar-refractivity contribution < 1.29 is 102 Å². The van der Waals surface area contributed by atoms with Crippen LogP contribution in [0.2, 0.25) is 127 Å². The molecule has 0 amide bonds. The van der Waals surface area contributed by atoms with Crippen molar-refractivity contribution in [1.29, 1.82) is 0 Å². The van der Waals surface area contributed by atoms with Gasteiger partial charge in [-0.2, -0.15) is 0 Å². The minimum absolute atomic E-state index is 0.103. The summed E-state index contributed by atoms with van der Waals surface area (Å²) in [6, 6.07) is 18.2. The Morgan fingerprint density at radius 1 is 0.350 bits per heavy atom. The topological polar surface area (TPSA) is 298 Å². The van der Waals surface area contributed by atoms with Gasteiger partial charge in [0.1, 0.15) is 60.0 Å². The highest BCUT2D eigenvalue weighted by Gasteiger charge is 2.46. The molecule has 0 aromatic carbocycles. The average Bonchev–Trinajstić information content (AvgIpc) is 1.33. The molecule has 5 aromatic heterocycles. The number of hydrogen-bond donors (Lipinski definition) is 4. The molecule has 5 heterocycles. The van der Waals surface area contributed by atoms with Crippen LogP contribution in [0.1, 0.15) is 262 Å². The van der Waals surface area contributed by atoms with Gasteiger partial charge in [-0.15, -0.1) is 0 Å². The van der Waals surface area contributed by atoms with Crippen molar-refractivity contribution in [3.8, 4) is 0 Å². The zero-order valence-electron chi connectivity index (χ0n) is 83.6. The number of rotatable bonds is 28. The lowest BCUT2D eigenvalue weighted by molar-refractivity contribution is -0.152. The van der Waals surface area contributed by atoms with Gasteiger partial charge in [0.2, 0.25) is 6.10 Å². The van der Waals surface area contributed by atoms with Crippen LogP contribution < -0.4 is 0 Å². The molecule has 0 fully saturated rings. The first kappa shape index (κ1) is 122. The predicted molar refractivity (Wildman–Crippen MR) is 508 cm³/mol. The normalized spacial score (nSPS) is 15.8. The summed E-state index contributed by atoms with van der Waals surface area (Å²) in [5.41, 5.74) is 0. The second-order valence-corrected chi connectivity index (χ2v) is 74.6. The third kappa shape index (κ3) is 46.2. The van der Waals surface area contributed by atoms with E-state index in [2.05, 4.69) is 267 Å². The van der Waals surface area contributed by atoms with Gasteiger partial charge in [-0.3, -0.25) is 0 Å². The van der Waals surface area contributed by atoms with Crippen molar-refractivity contribution >= 4 is 82.7 Å². The van der Waals surface area contributed by atoms with Crippen molar-refractivity contribution in [1.82, 2.24) is 0 Å². The summed E-state index contributed by atoms with van der Waals surface area (Å²) in [5, 5.41) is 39.9. The summed E-state index contributed by atoms with van der Waals surface area (Å²) in [4.78, 5) is 42.5. The largest absolute Gasteiger partial charge is 0.473 e. The van der Waals surface area contributed by atoms with E-state index in [9.17, 15) is 34.5 Å². The van der Waals surface area contributed by atoms with E-state index in [-0.39, 0.29) is 71.8 Å². The Morgan fingerprint density at radius 2 is 0.592 bits per heavy atom. The van der Waals surface area contributed by atoms with Crippen LogP contribution in [0.5, 0.6) is 0 Å². The van der Waals surface area contributed by atoms with E-state index in [1.54, 1.807) is 102 Å². The maximum atomic E-state index is 11.4. The van der Waals surface area contributed by atoms with Crippen molar-refractivity contribution in [2.45, 2.75) is 415 Å². The third-order valence-electron chi connectivity index (χ3n) is 23.5. The Labute approximate surface area is 736 Å². The number of aldehydes is 2. The molecule has 4 N–H and O–H groups in total. The highest BCUT2D eigenvalue weighted by Crippen LogP contribution is 2.44. The zero-order chi connectivity index (χ0) is 95.4. The molecule has 120 heavy (non-hydrogen) atoms. The van der Waals surface area contributed by atoms with E-state index in [0.29, 0.717) is 36.4 Å². The van der Waals surface area contributed by atoms with Crippen LogP contribution in [0.3, 0.4) is 0 Å². The molecular formula is C91H175O22Si7+. The predicted octanol–water partition coefficient (Wildman–Crippen LogP) is 25.1. The van der Waals surface area contributed by atoms with Crippen LogP contribution in [0.25, 0.3) is 0 Å². The van der Waals surface area contributed by atoms with Gasteiger partial charge < -0.3 is 92.6 Å². The van der Waals surface area contributed by atoms with Gasteiger partial charge in [0.05, 0.1) is 88.2 Å². The Morgan fingerprint density at radius 3 is 0.817 bits per heavy atom. The lowest BCUT2D eigenvalue weighted by Crippen LogP contribution is -2.45. The monoisotopic (exact) mass is 1820 g/mol. The highest BCUT2D eigenvalue weighted by molar-refractivity contribution is 6.76. The molecule has 0 aliphatic heterocycles. The fourth-order valence-electron chi connectivity index (χ4n) is 8.34. The number of carbonyl (C=O) groups is 4. The number of aliphatic hydroxyl groups excluding tert-OH is 4. The molecule has 0 radical (unpaired) electrons. The van der Waals surface area contributed by atoms with Crippen LogP contribution in [0.4, 0.5) is 0 Å². The number of esters is 2. The van der Waals surface area contributed by atoms with Gasteiger partial charge in [0.25, 0.3) is 0 Å². The van der Waals surface area contributed by atoms with E-state index in [1.807, 2.05) is 38.1 Å². The summed E-state index contributed by atoms with van der Waals surface area (Å²) >= 11 is 0. The highest BCUT2D eigenvalue weighted by atomic mass is 28.4. The van der Waals surface area contributed by atoms with Crippen molar-refractivity contribution in [2.24, 2.45) is 0 Å². The number of carbonyl (C=O) groups excluding carboxylic acids is 4. The van der Waals surface area contributed by atoms with Crippen LogP contribution >= 0.6 is 0 Å². The Bertz CT molecular complexity index is 3090. The quantitative estimate of drug-likeness (QED) is 0.0157. The van der Waals surface area contributed by atoms with Crippen molar-refractivity contribution in [3.63, 3.8) is 0 Å². The van der Waals surface area contributed by atoms with Gasteiger partial charge >= 0.3 is 11.9 Å². The number of hydrogen-bond acceptors (Lipinski definition) is 22. The van der Waals surface area contributed by atoms with E-state index in [0.717, 1.165) is 18.3 Å². The smallest absolute Gasteiger partial charge is 0.334 e. The van der Waals surface area contributed by atoms with Gasteiger partial charge in [0.15, 0.2) is 64.3 Å². The Hall–Kier alpha value is -4.37. The van der Waals surface area contributed by atoms with Crippen molar-refractivity contribution in [3.05, 3.63) is 128 Å². The molecule has 0 aliphatic rings. The molecule has 0 aliphatic carbocycles. The maximum absolute atomic E-state index is 11.4. The lowest BCUT2D eigenvalue weighted by Gasteiger charge is -2.39. The molecule has 12 atom stereocenters. The molecule has 29 heteroatoms. The Kier molecular flexibility index (Phi) is 53.5. The minimum atomic E-state index is -1.91. The van der Waals surface area contributed by atoms with E-state index >= 15 is 0 Å². The van der Waals surface area contributed by atoms with Gasteiger partial charge in [0, 0.05) is 5.92 Å². The molecule has 22 nitrogen and oxygen atoms in total. The van der Waals surface area contributed by atoms with Crippen LogP contribution in [0.15, 0.2) is 120 Å². The first-order valence-electron chi connectivity index (χ1n) is 42.5. The molecular weight excluding hydrogens is 1640 g/mol. The zero-order valence-corrected chi connectivity index (χ0v) is 90.6. The fraction of sp³-hybridized carbons (Fsp3) is 0.725. The van der Waals surface area contributed by atoms with E-state index in [1.165, 1.54) is 13.2 Å². The number of aliphatic hydroxyl groups is 4. The summed E-state index contributed by atoms with van der Waals surface area (Å²) in [6.45, 7) is 99.2. The summed E-state index contributed by atoms with van der Waals surface area (Å²) in [7, 11) is -12.6. The minimum Gasteiger partial charge on any atom is -0.473 e. The Balaban J connectivity index is -0.000000640. The lowest BCUT2D eigenvalue weighted by atomic mass is 10.0. The number of furan rings is 5. The van der Waals surface area contributed by atoms with Gasteiger partial charge in [-0.25, -0.2) is 9.59 Å². The SMILES string of the molecule is CCOC(=O)[C@H](C)O.CCOC(=O)[C@H](C)O[Si](C)(C)C(C)(C)C.C[C@@H](C=O)O[Si](C)(C)C(C)(C)C.C[C@@H](C=O)O[Si](C)(C)C(C)(C)C.C[C@H](O[Si](C)(C)C(C)(C)C)[C@@H](C)c1ccco1.C[C@H](O[Si](C)(C)C(C)(C)C)[C@@H](O)c1ccco1.C[C@H](O[Si](C)(C)C(C)(C)C)[C@@H](O)c1ccco1.[CH2+][C@H](O[Si](C)(C)C(C)(C)C)[C@H](O)c1ccco1.c1ccoc1. The van der Waals surface area contributed by atoms with Gasteiger partial charge in [-0.1, -0.05) is 152 Å². The number of ether oxygens (including phenoxy) is 2. The van der Waals surface area contributed by atoms with Gasteiger partial charge in [-0.05, 0) is 250 Å². The standard InChI is InChI=1S/C14H26O2Si.2C13H24O3Si.C13H23O3Si.C11H24O3Si.2C9H20O2Si.C5H10O3.C4H4O/c1-11(13-9-8-10-15-13)12(2)16-17(6,7)14(3,4)5;3*1-10(12(14)11-8-7-9-15-11)16-17(5,6)13(2,3)4;1-8-13-10(12)9(2)14-15(6,7)11(3,4)5;2*1-8(7-10)11-12(5,6)9(2,3)4;1-3-8-5(7)4(2)6;1-2-4-5-3-1/h8-12H,1-7H3;2*7-10,12,14H,1-6H3;7-10,12,14H,1H2,2-6H3;9H,8H2,1-7H3;2*7-8H,1-6H3;4,6H,3H2,1-2H3;1-4H/q;;;+1;;;;;/t11-,12+;2*10-,12+;10-,12-;9-;2*8-;4-;/m10000000./s1. The second-order valence-electron chi connectivity index (χ2n) is 41.3. The second kappa shape index (κ2) is 52.7. The van der Waals surface area contributed by atoms with Crippen LogP contribution in [-0.4, -0.2) is 165 Å². The molecule has 0 saturated heterocycles. The first-order chi connectivity index (χ1) is 53.8. The van der Waals surface area contributed by atoms with Crippen LogP contribution in [-0.2, 0) is 59.6 Å². The average molecular weight is 1820 g/mol. The summed E-state index contributed by atoms with van der Waals surface area (Å²) in [6.07, 6.45) is 6.42. The molecule has 5 rings (SSSR count). The molecule has 0 spiro atoms. The van der Waals surface area contributed by atoms with E-state index in [4.69, 9.17) is 58.5 Å². The molecule has 0 bridgehead atoms. The molecule has 0 saturated carbocycles. The van der Waals surface area contributed by atoms with Crippen molar-refractivity contribution in [2.75, 3.05) is 13.2 Å². The molecule has 698 valence electrons. The molecule has 5 aromatic rings. The molecule has 0 unspecified atom stereocenters. The maximum Gasteiger partial charge on any atom is 0.334 e. The summed E-state index contributed by atoms with van der Waals surface area (Å²) < 4.78 is 76.9. The van der Waals surface area contributed by atoms with E-state index < -0.39 is 101 Å². The first-order valence-corrected chi connectivity index (χ1v) is 62.8. The fourth-order valence-corrected chi connectivity index (χ4v) is 17.9. The third-order valence-corrected chi connectivity index (χ3v) is 55.4. The summed E-state index contributed by atoms with van der Waals surface area (Å²) in [5.74, 6) is 2.13. The van der Waals surface area contributed by atoms with Crippen LogP contribution in [0, 0.1) is 6.92 Å².